The third-order valence-electron chi connectivity index (χ3n) is 3.80. The summed E-state index contributed by atoms with van der Waals surface area (Å²) in [6, 6.07) is 9.82. The third-order valence-corrected chi connectivity index (χ3v) is 4.84. The molecule has 25 heavy (non-hydrogen) atoms. The van der Waals surface area contributed by atoms with Gasteiger partial charge in [0.2, 0.25) is 5.95 Å². The molecule has 0 saturated heterocycles. The fourth-order valence-electron chi connectivity index (χ4n) is 2.25. The number of nitrogens with one attached hydrogen (secondary N) is 1. The van der Waals surface area contributed by atoms with E-state index < -0.39 is 0 Å². The van der Waals surface area contributed by atoms with E-state index in [1.165, 1.54) is 0 Å². The van der Waals surface area contributed by atoms with Crippen molar-refractivity contribution in [2.75, 3.05) is 30.9 Å². The molecule has 2 heterocycles. The second-order valence-electron chi connectivity index (χ2n) is 5.47. The zero-order chi connectivity index (χ0) is 17.6. The molecule has 0 unspecified atom stereocenters. The van der Waals surface area contributed by atoms with Gasteiger partial charge in [-0.15, -0.1) is 11.3 Å². The lowest BCUT2D eigenvalue weighted by molar-refractivity contribution is 0.415. The van der Waals surface area contributed by atoms with Crippen LogP contribution in [0.4, 0.5) is 11.8 Å². The Balaban J connectivity index is 1.68. The minimum absolute atomic E-state index is 0.620. The van der Waals surface area contributed by atoms with Gasteiger partial charge in [-0.25, -0.2) is 9.97 Å². The number of rotatable bonds is 7. The van der Waals surface area contributed by atoms with Crippen molar-refractivity contribution >= 4 is 23.1 Å². The van der Waals surface area contributed by atoms with Gasteiger partial charge in [-0.2, -0.15) is 4.98 Å². The predicted molar refractivity (Wildman–Crippen MR) is 102 cm³/mol. The molecule has 0 spiro atoms. The lowest BCUT2D eigenvalue weighted by atomic mass is 10.2. The molecule has 0 bridgehead atoms. The van der Waals surface area contributed by atoms with Gasteiger partial charge in [0.15, 0.2) is 0 Å². The number of hydrogen-bond acceptors (Lipinski definition) is 7. The Kier molecular flexibility index (Phi) is 5.45. The molecule has 3 rings (SSSR count). The van der Waals surface area contributed by atoms with Gasteiger partial charge in [0.1, 0.15) is 16.6 Å². The number of thiazole rings is 1. The first-order valence-electron chi connectivity index (χ1n) is 8.06. The van der Waals surface area contributed by atoms with Crippen molar-refractivity contribution in [3.63, 3.8) is 0 Å². The largest absolute Gasteiger partial charge is 0.497 e. The van der Waals surface area contributed by atoms with E-state index in [4.69, 9.17) is 4.74 Å². The first-order chi connectivity index (χ1) is 12.2. The van der Waals surface area contributed by atoms with E-state index in [1.54, 1.807) is 24.6 Å². The van der Waals surface area contributed by atoms with E-state index >= 15 is 0 Å². The van der Waals surface area contributed by atoms with Crippen molar-refractivity contribution in [1.29, 1.82) is 0 Å². The summed E-state index contributed by atoms with van der Waals surface area (Å²) in [5, 5.41) is 4.23. The monoisotopic (exact) mass is 355 g/mol. The second-order valence-corrected chi connectivity index (χ2v) is 6.59. The summed E-state index contributed by atoms with van der Waals surface area (Å²) in [6.45, 7) is 3.63. The summed E-state index contributed by atoms with van der Waals surface area (Å²) < 4.78 is 5.27. The minimum Gasteiger partial charge on any atom is -0.497 e. The van der Waals surface area contributed by atoms with Gasteiger partial charge in [0, 0.05) is 36.4 Å². The molecule has 7 heteroatoms. The fourth-order valence-corrected chi connectivity index (χ4v) is 3.10. The standard InChI is InChI=1S/C18H21N5OS/c1-4-23(2)16-8-9-19-18(22-16)21-12-15-11-20-17(25-15)13-6-5-7-14(10-13)24-3/h5-11H,4,12H2,1-3H3,(H,19,21,22). The predicted octanol–water partition coefficient (Wildman–Crippen LogP) is 3.68. The van der Waals surface area contributed by atoms with Gasteiger partial charge >= 0.3 is 0 Å². The summed E-state index contributed by atoms with van der Waals surface area (Å²) in [4.78, 5) is 16.5. The van der Waals surface area contributed by atoms with E-state index in [2.05, 4.69) is 32.1 Å². The maximum atomic E-state index is 5.27. The van der Waals surface area contributed by atoms with Gasteiger partial charge < -0.3 is 15.0 Å². The Morgan fingerprint density at radius 3 is 2.92 bits per heavy atom. The smallest absolute Gasteiger partial charge is 0.224 e. The fraction of sp³-hybridized carbons (Fsp3) is 0.278. The molecule has 0 aliphatic rings. The highest BCUT2D eigenvalue weighted by atomic mass is 32.1. The minimum atomic E-state index is 0.620. The highest BCUT2D eigenvalue weighted by Gasteiger charge is 2.07. The summed E-state index contributed by atoms with van der Waals surface area (Å²) in [5.74, 6) is 2.35. The van der Waals surface area contributed by atoms with E-state index in [0.29, 0.717) is 12.5 Å². The SMILES string of the molecule is CCN(C)c1ccnc(NCc2cnc(-c3cccc(OC)c3)s2)n1. The number of benzene rings is 1. The van der Waals surface area contributed by atoms with Gasteiger partial charge in [-0.1, -0.05) is 12.1 Å². The van der Waals surface area contributed by atoms with Crippen LogP contribution >= 0.6 is 11.3 Å². The van der Waals surface area contributed by atoms with Crippen LogP contribution in [0.2, 0.25) is 0 Å². The van der Waals surface area contributed by atoms with Crippen LogP contribution in [0.1, 0.15) is 11.8 Å². The normalized spacial score (nSPS) is 10.5. The number of methoxy groups -OCH3 is 1. The molecule has 0 fully saturated rings. The van der Waals surface area contributed by atoms with E-state index in [0.717, 1.165) is 33.6 Å². The van der Waals surface area contributed by atoms with Crippen molar-refractivity contribution in [2.24, 2.45) is 0 Å². The first-order valence-corrected chi connectivity index (χ1v) is 8.88. The van der Waals surface area contributed by atoms with E-state index in [9.17, 15) is 0 Å². The highest BCUT2D eigenvalue weighted by Crippen LogP contribution is 2.28. The van der Waals surface area contributed by atoms with Gasteiger partial charge in [0.05, 0.1) is 13.7 Å². The van der Waals surface area contributed by atoms with Crippen LogP contribution in [-0.4, -0.2) is 35.7 Å². The summed E-state index contributed by atoms with van der Waals surface area (Å²) >= 11 is 1.64. The van der Waals surface area contributed by atoms with Crippen molar-refractivity contribution < 1.29 is 4.74 Å². The lowest BCUT2D eigenvalue weighted by Crippen LogP contribution is -2.18. The average Bonchev–Trinajstić information content (AvgIpc) is 3.15. The Morgan fingerprint density at radius 1 is 1.24 bits per heavy atom. The van der Waals surface area contributed by atoms with Crippen molar-refractivity contribution in [3.8, 4) is 16.3 Å². The lowest BCUT2D eigenvalue weighted by Gasteiger charge is -2.15. The van der Waals surface area contributed by atoms with Crippen molar-refractivity contribution in [2.45, 2.75) is 13.5 Å². The summed E-state index contributed by atoms with van der Waals surface area (Å²) in [7, 11) is 3.68. The number of aromatic nitrogens is 3. The van der Waals surface area contributed by atoms with Gasteiger partial charge in [-0.3, -0.25) is 0 Å². The first kappa shape index (κ1) is 17.2. The Bertz CT molecular complexity index is 836. The number of nitrogens with zero attached hydrogens (tertiary/aromatic N) is 4. The topological polar surface area (TPSA) is 63.2 Å². The molecule has 0 atom stereocenters. The summed E-state index contributed by atoms with van der Waals surface area (Å²) in [5.41, 5.74) is 1.05. The molecule has 0 radical (unpaired) electrons. The quantitative estimate of drug-likeness (QED) is 0.697. The van der Waals surface area contributed by atoms with Crippen LogP contribution < -0.4 is 15.0 Å². The molecule has 0 saturated carbocycles. The maximum Gasteiger partial charge on any atom is 0.224 e. The van der Waals surface area contributed by atoms with Crippen LogP contribution in [0.25, 0.3) is 10.6 Å². The van der Waals surface area contributed by atoms with Crippen LogP contribution in [0, 0.1) is 0 Å². The summed E-state index contributed by atoms with van der Waals surface area (Å²) in [6.07, 6.45) is 3.65. The number of anilines is 2. The van der Waals surface area contributed by atoms with Gasteiger partial charge in [-0.05, 0) is 25.1 Å². The average molecular weight is 355 g/mol. The zero-order valence-electron chi connectivity index (χ0n) is 14.6. The Hall–Kier alpha value is -2.67. The second kappa shape index (κ2) is 7.94. The molecular formula is C18H21N5OS. The van der Waals surface area contributed by atoms with Crippen LogP contribution in [0.3, 0.4) is 0 Å². The zero-order valence-corrected chi connectivity index (χ0v) is 15.4. The number of ether oxygens (including phenoxy) is 1. The molecule has 130 valence electrons. The molecule has 3 aromatic rings. The van der Waals surface area contributed by atoms with Crippen LogP contribution in [0.15, 0.2) is 42.7 Å². The van der Waals surface area contributed by atoms with Crippen molar-refractivity contribution in [1.82, 2.24) is 15.0 Å². The van der Waals surface area contributed by atoms with Gasteiger partial charge in [0.25, 0.3) is 0 Å². The number of hydrogen-bond donors (Lipinski definition) is 1. The van der Waals surface area contributed by atoms with Crippen LogP contribution in [0.5, 0.6) is 5.75 Å². The molecule has 1 N–H and O–H groups in total. The van der Waals surface area contributed by atoms with Crippen LogP contribution in [-0.2, 0) is 6.54 Å². The molecule has 0 aliphatic heterocycles. The van der Waals surface area contributed by atoms with E-state index in [1.807, 2.05) is 43.6 Å². The highest BCUT2D eigenvalue weighted by molar-refractivity contribution is 7.15. The molecule has 6 nitrogen and oxygen atoms in total. The third kappa shape index (κ3) is 4.24. The molecular weight excluding hydrogens is 334 g/mol. The Morgan fingerprint density at radius 2 is 2.12 bits per heavy atom. The van der Waals surface area contributed by atoms with Crippen molar-refractivity contribution in [3.05, 3.63) is 47.6 Å². The molecule has 2 aromatic heterocycles. The Labute approximate surface area is 151 Å². The maximum absolute atomic E-state index is 5.27. The molecule has 0 amide bonds. The molecule has 1 aromatic carbocycles. The molecule has 0 aliphatic carbocycles. The van der Waals surface area contributed by atoms with E-state index in [-0.39, 0.29) is 0 Å².